The largest absolute Gasteiger partial charge is 0.488 e. The Morgan fingerprint density at radius 1 is 0.655 bits per heavy atom. The van der Waals surface area contributed by atoms with Gasteiger partial charge in [-0.05, 0) is 137 Å². The van der Waals surface area contributed by atoms with Crippen molar-refractivity contribution in [3.8, 4) is 0 Å². The highest BCUT2D eigenvalue weighted by Gasteiger charge is 2.41. The van der Waals surface area contributed by atoms with E-state index < -0.39 is 22.3 Å². The molecule has 0 aromatic heterocycles. The summed E-state index contributed by atoms with van der Waals surface area (Å²) in [6, 6.07) is 37.2. The molecule has 1 aliphatic heterocycles. The van der Waals surface area contributed by atoms with Crippen LogP contribution in [0.3, 0.4) is 0 Å². The van der Waals surface area contributed by atoms with E-state index in [-0.39, 0.29) is 26.5 Å². The lowest BCUT2D eigenvalue weighted by Crippen LogP contribution is -2.49. The zero-order valence-corrected chi connectivity index (χ0v) is 50.1. The second-order valence-electron chi connectivity index (χ2n) is 22.6. The minimum absolute atomic E-state index is 0. The molecule has 5 N–H and O–H groups in total. The summed E-state index contributed by atoms with van der Waals surface area (Å²) in [6.45, 7) is 20.4. The van der Waals surface area contributed by atoms with Crippen LogP contribution in [-0.2, 0) is 45.2 Å². The van der Waals surface area contributed by atoms with Crippen molar-refractivity contribution in [3.05, 3.63) is 196 Å². The van der Waals surface area contributed by atoms with Gasteiger partial charge in [0.1, 0.15) is 22.2 Å². The van der Waals surface area contributed by atoms with Crippen molar-refractivity contribution in [1.29, 1.82) is 0 Å². The SMILES string of the molecule is C.C.C=C(C)C(=O)CCCOCCN(Cc1ccccc1B(O)O)Cc1c2ccccc2c(CN(CCOCCNC(=O)C(=C)C)Cc2ccccc2B(O)O)c2ccc(C3=C4C=CC(=[N+](C)C)C=C4[Si](C)(C)c4cc(N(C)C)ccc43)cc12. The number of ketones is 1. The first-order chi connectivity index (χ1) is 39.2. The van der Waals surface area contributed by atoms with Gasteiger partial charge in [-0.2, -0.15) is 0 Å². The van der Waals surface area contributed by atoms with Crippen LogP contribution >= 0.6 is 0 Å². The van der Waals surface area contributed by atoms with Crippen LogP contribution in [0.1, 0.15) is 74.9 Å². The van der Waals surface area contributed by atoms with Gasteiger partial charge in [-0.1, -0.05) is 132 Å². The zero-order valence-electron chi connectivity index (χ0n) is 49.1. The predicted molar refractivity (Wildman–Crippen MR) is 352 cm³/mol. The van der Waals surface area contributed by atoms with Crippen molar-refractivity contribution in [1.82, 2.24) is 15.1 Å². The lowest BCUT2D eigenvalue weighted by atomic mass is 9.77. The van der Waals surface area contributed by atoms with Gasteiger partial charge >= 0.3 is 14.2 Å². The minimum Gasteiger partial charge on any atom is -0.423 e. The average Bonchev–Trinajstić information content (AvgIpc) is 0.876. The topological polar surface area (TPSA) is 158 Å². The first kappa shape index (κ1) is 66.3. The quantitative estimate of drug-likeness (QED) is 0.0113. The highest BCUT2D eigenvalue weighted by Crippen LogP contribution is 2.44. The van der Waals surface area contributed by atoms with Gasteiger partial charge in [0, 0.05) is 96.3 Å². The molecule has 0 saturated heterocycles. The smallest absolute Gasteiger partial charge is 0.423 e. The molecule has 0 unspecified atom stereocenters. The van der Waals surface area contributed by atoms with E-state index in [0.717, 1.165) is 60.8 Å². The molecule has 0 saturated carbocycles. The summed E-state index contributed by atoms with van der Waals surface area (Å²) in [6.07, 6.45) is 7.88. The number of nitrogens with zero attached hydrogens (tertiary/aromatic N) is 4. The van der Waals surface area contributed by atoms with Crippen molar-refractivity contribution in [3.63, 3.8) is 0 Å². The van der Waals surface area contributed by atoms with Gasteiger partial charge in [0.25, 0.3) is 0 Å². The zero-order chi connectivity index (χ0) is 58.8. The summed E-state index contributed by atoms with van der Waals surface area (Å²) in [7, 11) is 2.77. The molecule has 13 nitrogen and oxygen atoms in total. The lowest BCUT2D eigenvalue weighted by Gasteiger charge is -2.38. The molecule has 6 aromatic carbocycles. The number of hydrogen-bond acceptors (Lipinski definition) is 11. The molecule has 2 aliphatic rings. The van der Waals surface area contributed by atoms with Crippen molar-refractivity contribution in [2.45, 2.75) is 80.8 Å². The third-order valence-electron chi connectivity index (χ3n) is 15.9. The average molecular weight is 1150 g/mol. The fraction of sp³-hybridized carbons (Fsp3) is 0.338. The van der Waals surface area contributed by atoms with Gasteiger partial charge in [0.2, 0.25) is 5.91 Å². The van der Waals surface area contributed by atoms with Gasteiger partial charge in [-0.15, -0.1) is 0 Å². The molecular weight excluding hydrogens is 1060 g/mol. The number of Topliss-reactive ketones (excluding diaryl/α,β-unsaturated/α-hetero) is 1. The molecule has 1 heterocycles. The maximum absolute atomic E-state index is 12.4. The molecule has 1 aliphatic carbocycles. The summed E-state index contributed by atoms with van der Waals surface area (Å²) in [5.41, 5.74) is 12.6. The molecular formula is C68H88B2N5O8Si+. The molecule has 6 aromatic rings. The van der Waals surface area contributed by atoms with E-state index in [0.29, 0.717) is 107 Å². The van der Waals surface area contributed by atoms with Crippen molar-refractivity contribution in [2.75, 3.05) is 79.2 Å². The summed E-state index contributed by atoms with van der Waals surface area (Å²) in [4.78, 5) is 31.5. The van der Waals surface area contributed by atoms with Crippen LogP contribution in [0.25, 0.3) is 27.1 Å². The van der Waals surface area contributed by atoms with Crippen molar-refractivity contribution >= 4 is 88.6 Å². The van der Waals surface area contributed by atoms with Crippen LogP contribution in [0.5, 0.6) is 0 Å². The molecule has 0 spiro atoms. The first-order valence-corrected chi connectivity index (χ1v) is 31.3. The Balaban J connectivity index is 0.00000566. The van der Waals surface area contributed by atoms with E-state index in [4.69, 9.17) is 9.47 Å². The molecule has 0 atom stereocenters. The normalized spacial score (nSPS) is 13.3. The molecule has 442 valence electrons. The Morgan fingerprint density at radius 3 is 1.75 bits per heavy atom. The first-order valence-electron chi connectivity index (χ1n) is 28.3. The second-order valence-corrected chi connectivity index (χ2v) is 27.0. The molecule has 1 amide bonds. The molecule has 8 rings (SSSR count). The third-order valence-corrected chi connectivity index (χ3v) is 19.4. The number of carbonyl (C=O) groups excluding carboxylic acids is 2. The van der Waals surface area contributed by atoms with Crippen molar-refractivity contribution < 1.29 is 43.7 Å². The van der Waals surface area contributed by atoms with Crippen LogP contribution in [0.15, 0.2) is 162 Å². The van der Waals surface area contributed by atoms with E-state index in [1.54, 1.807) is 26.0 Å². The lowest BCUT2D eigenvalue weighted by molar-refractivity contribution is -0.462. The molecule has 0 fully saturated rings. The number of amides is 1. The number of anilines is 1. The van der Waals surface area contributed by atoms with E-state index in [2.05, 4.69) is 158 Å². The third kappa shape index (κ3) is 15.5. The summed E-state index contributed by atoms with van der Waals surface area (Å²) < 4.78 is 14.6. The Hall–Kier alpha value is -6.82. The van der Waals surface area contributed by atoms with Gasteiger partial charge in [0.05, 0.1) is 19.8 Å². The monoisotopic (exact) mass is 1150 g/mol. The maximum Gasteiger partial charge on any atom is 0.488 e. The number of rotatable bonds is 27. The standard InChI is InChI=1S/C66H79B2N5O8Si.2CH4/c1-45(2)62(74)24-17-34-80-36-32-73(42-49-19-12-16-23-61(49)68(78)79)44-59-53-21-14-13-20-52(53)58(43-72(33-37-81-35-31-69-66(75)46(3)4)41-48-18-11-15-22-60(48)67(76)77)54-28-25-47(38-57(54)59)65-55-29-26-50(70(5)6)39-63(55)82(9,10)64-40-51(71(7)8)27-30-56(64)65;;/h11-16,18-23,25-30,38-40,76-79H,1,3,17,24,31-37,41-44H2,2,4-10H3;2*1H4/p+1. The highest BCUT2D eigenvalue weighted by molar-refractivity contribution is 6.98. The fourth-order valence-corrected chi connectivity index (χ4v) is 14.4. The van der Waals surface area contributed by atoms with Crippen LogP contribution in [-0.4, -0.2) is 148 Å². The van der Waals surface area contributed by atoms with Crippen LogP contribution in [0.2, 0.25) is 13.1 Å². The molecule has 0 radical (unpaired) electrons. The number of carbonyl (C=O) groups is 2. The number of fused-ring (bicyclic) bond motifs is 4. The number of hydrogen-bond donors (Lipinski definition) is 5. The van der Waals surface area contributed by atoms with E-state index in [9.17, 15) is 29.7 Å². The Bertz CT molecular complexity index is 3510. The summed E-state index contributed by atoms with van der Waals surface area (Å²) in [5, 5.41) is 52.3. The number of benzene rings is 6. The molecule has 0 bridgehead atoms. The minimum atomic E-state index is -2.28. The molecule has 16 heteroatoms. The second kappa shape index (κ2) is 29.8. The van der Waals surface area contributed by atoms with Gasteiger partial charge in [-0.25, -0.2) is 4.58 Å². The Morgan fingerprint density at radius 2 is 1.20 bits per heavy atom. The van der Waals surface area contributed by atoms with Crippen LogP contribution < -0.4 is 26.3 Å². The Labute approximate surface area is 500 Å². The van der Waals surface area contributed by atoms with Gasteiger partial charge in [0.15, 0.2) is 11.5 Å². The highest BCUT2D eigenvalue weighted by atomic mass is 28.3. The number of allylic oxidation sites excluding steroid dienone is 6. The summed E-state index contributed by atoms with van der Waals surface area (Å²) >= 11 is 0. The van der Waals surface area contributed by atoms with E-state index >= 15 is 0 Å². The predicted octanol–water partition coefficient (Wildman–Crippen LogP) is 7.83. The van der Waals surface area contributed by atoms with Gasteiger partial charge < -0.3 is 39.8 Å². The molecule has 84 heavy (non-hydrogen) atoms. The maximum atomic E-state index is 12.4. The van der Waals surface area contributed by atoms with Crippen molar-refractivity contribution in [2.24, 2.45) is 0 Å². The van der Waals surface area contributed by atoms with Gasteiger partial charge in [-0.3, -0.25) is 19.4 Å². The number of ether oxygens (including phenoxy) is 2. The van der Waals surface area contributed by atoms with E-state index in [1.807, 2.05) is 36.4 Å². The van der Waals surface area contributed by atoms with E-state index in [1.165, 1.54) is 27.1 Å². The van der Waals surface area contributed by atoms with Crippen LogP contribution in [0.4, 0.5) is 5.69 Å². The number of nitrogens with one attached hydrogen (secondary N) is 1. The Kier molecular flexibility index (Phi) is 23.5. The fourth-order valence-electron chi connectivity index (χ4n) is 11.3. The van der Waals surface area contributed by atoms with Crippen LogP contribution in [0, 0.1) is 0 Å². The summed E-state index contributed by atoms with van der Waals surface area (Å²) in [5.74, 6) is -0.195.